The molecule has 110 valence electrons. The van der Waals surface area contributed by atoms with Crippen molar-refractivity contribution in [3.05, 3.63) is 34.7 Å². The van der Waals surface area contributed by atoms with Crippen molar-refractivity contribution in [1.82, 2.24) is 4.98 Å². The van der Waals surface area contributed by atoms with E-state index in [1.165, 1.54) is 0 Å². The number of aryl methyl sites for hydroxylation is 1. The van der Waals surface area contributed by atoms with Crippen molar-refractivity contribution in [1.29, 1.82) is 0 Å². The van der Waals surface area contributed by atoms with E-state index in [2.05, 4.69) is 10.3 Å². The molecular formula is C16H18N2O2S. The van der Waals surface area contributed by atoms with Crippen molar-refractivity contribution in [3.8, 4) is 11.3 Å². The number of carbonyl (C=O) groups is 1. The monoisotopic (exact) mass is 302 g/mol. The molecule has 1 aromatic heterocycles. The predicted molar refractivity (Wildman–Crippen MR) is 84.3 cm³/mol. The Morgan fingerprint density at radius 1 is 1.33 bits per heavy atom. The molecule has 2 aromatic rings. The summed E-state index contributed by atoms with van der Waals surface area (Å²) in [5.41, 5.74) is 2.76. The Morgan fingerprint density at radius 2 is 2.10 bits per heavy atom. The quantitative estimate of drug-likeness (QED) is 0.915. The van der Waals surface area contributed by atoms with Crippen LogP contribution >= 0.6 is 11.3 Å². The van der Waals surface area contributed by atoms with E-state index in [0.29, 0.717) is 0 Å². The Bertz CT molecular complexity index is 636. The maximum atomic E-state index is 12.1. The van der Waals surface area contributed by atoms with Gasteiger partial charge < -0.3 is 10.4 Å². The first-order valence-corrected chi connectivity index (χ1v) is 8.03. The van der Waals surface area contributed by atoms with Crippen LogP contribution in [0.1, 0.15) is 24.3 Å². The fourth-order valence-electron chi connectivity index (χ4n) is 2.70. The lowest BCUT2D eigenvalue weighted by molar-refractivity contribution is -0.122. The zero-order valence-electron chi connectivity index (χ0n) is 11.9. The summed E-state index contributed by atoms with van der Waals surface area (Å²) in [6.07, 6.45) is 1.91. The molecule has 0 bridgehead atoms. The van der Waals surface area contributed by atoms with Gasteiger partial charge in [-0.3, -0.25) is 4.79 Å². The molecular weight excluding hydrogens is 284 g/mol. The predicted octanol–water partition coefficient (Wildman–Crippen LogP) is 3.22. The van der Waals surface area contributed by atoms with Gasteiger partial charge in [0, 0.05) is 16.6 Å². The number of aliphatic hydroxyl groups is 1. The van der Waals surface area contributed by atoms with Crippen LogP contribution in [0.3, 0.4) is 0 Å². The lowest BCUT2D eigenvalue weighted by Crippen LogP contribution is -2.28. The van der Waals surface area contributed by atoms with Crippen molar-refractivity contribution in [2.75, 3.05) is 5.32 Å². The minimum absolute atomic E-state index is 0.0859. The molecule has 1 aromatic carbocycles. The van der Waals surface area contributed by atoms with Crippen LogP contribution in [0.4, 0.5) is 5.69 Å². The van der Waals surface area contributed by atoms with E-state index in [1.54, 1.807) is 11.3 Å². The maximum Gasteiger partial charge on any atom is 0.230 e. The fourth-order valence-corrected chi connectivity index (χ4v) is 3.32. The molecule has 1 aliphatic rings. The van der Waals surface area contributed by atoms with Crippen LogP contribution in [0.5, 0.6) is 0 Å². The number of nitrogens with one attached hydrogen (secondary N) is 1. The molecule has 1 fully saturated rings. The van der Waals surface area contributed by atoms with Crippen molar-refractivity contribution < 1.29 is 9.90 Å². The summed E-state index contributed by atoms with van der Waals surface area (Å²) in [4.78, 5) is 16.5. The van der Waals surface area contributed by atoms with Gasteiger partial charge in [0.15, 0.2) is 0 Å². The normalized spacial score (nSPS) is 21.4. The Kier molecular flexibility index (Phi) is 4.03. The molecule has 0 spiro atoms. The summed E-state index contributed by atoms with van der Waals surface area (Å²) in [5, 5.41) is 15.7. The minimum Gasteiger partial charge on any atom is -0.392 e. The average Bonchev–Trinajstić information content (AvgIpc) is 3.08. The van der Waals surface area contributed by atoms with Crippen LogP contribution in [-0.4, -0.2) is 22.1 Å². The second-order valence-electron chi connectivity index (χ2n) is 5.42. The van der Waals surface area contributed by atoms with E-state index < -0.39 is 6.10 Å². The molecule has 1 amide bonds. The zero-order valence-corrected chi connectivity index (χ0v) is 12.7. The molecule has 5 heteroatoms. The van der Waals surface area contributed by atoms with Gasteiger partial charge in [0.1, 0.15) is 0 Å². The Hall–Kier alpha value is -1.72. The number of carbonyl (C=O) groups excluding carboxylic acids is 1. The average molecular weight is 302 g/mol. The van der Waals surface area contributed by atoms with Gasteiger partial charge in [0.2, 0.25) is 5.91 Å². The van der Waals surface area contributed by atoms with Gasteiger partial charge in [-0.1, -0.05) is 12.1 Å². The SMILES string of the molecule is Cc1nc(-c2ccc(NC(=O)C3CCCC3O)cc2)cs1. The van der Waals surface area contributed by atoms with Gasteiger partial charge in [0.25, 0.3) is 0 Å². The molecule has 3 rings (SSSR count). The molecule has 2 N–H and O–H groups in total. The van der Waals surface area contributed by atoms with Crippen LogP contribution in [0, 0.1) is 12.8 Å². The van der Waals surface area contributed by atoms with E-state index in [4.69, 9.17) is 0 Å². The highest BCUT2D eigenvalue weighted by molar-refractivity contribution is 7.09. The maximum absolute atomic E-state index is 12.1. The highest BCUT2D eigenvalue weighted by Gasteiger charge is 2.31. The minimum atomic E-state index is -0.498. The standard InChI is InChI=1S/C16H18N2O2S/c1-10-17-14(9-21-10)11-5-7-12(8-6-11)18-16(20)13-3-2-4-15(13)19/h5-9,13,15,19H,2-4H2,1H3,(H,18,20). The molecule has 4 nitrogen and oxygen atoms in total. The third-order valence-corrected chi connectivity index (χ3v) is 4.66. The first kappa shape index (κ1) is 14.2. The van der Waals surface area contributed by atoms with Gasteiger partial charge in [-0.05, 0) is 38.3 Å². The molecule has 2 unspecified atom stereocenters. The second kappa shape index (κ2) is 5.95. The fraction of sp³-hybridized carbons (Fsp3) is 0.375. The number of aromatic nitrogens is 1. The van der Waals surface area contributed by atoms with E-state index in [-0.39, 0.29) is 11.8 Å². The zero-order chi connectivity index (χ0) is 14.8. The third-order valence-electron chi connectivity index (χ3n) is 3.88. The molecule has 21 heavy (non-hydrogen) atoms. The van der Waals surface area contributed by atoms with Crippen molar-refractivity contribution in [2.45, 2.75) is 32.3 Å². The number of hydrogen-bond acceptors (Lipinski definition) is 4. The summed E-state index contributed by atoms with van der Waals surface area (Å²) >= 11 is 1.62. The van der Waals surface area contributed by atoms with Gasteiger partial charge >= 0.3 is 0 Å². The highest BCUT2D eigenvalue weighted by Crippen LogP contribution is 2.27. The lowest BCUT2D eigenvalue weighted by Gasteiger charge is -2.14. The summed E-state index contributed by atoms with van der Waals surface area (Å²) in [6, 6.07) is 7.66. The number of aliphatic hydroxyl groups excluding tert-OH is 1. The number of hydrogen-bond donors (Lipinski definition) is 2. The number of anilines is 1. The Labute approximate surface area is 127 Å². The van der Waals surface area contributed by atoms with Gasteiger partial charge in [-0.15, -0.1) is 11.3 Å². The third kappa shape index (κ3) is 3.14. The molecule has 1 heterocycles. The number of nitrogens with zero attached hydrogens (tertiary/aromatic N) is 1. The molecule has 2 atom stereocenters. The Balaban J connectivity index is 1.68. The first-order valence-electron chi connectivity index (χ1n) is 7.15. The summed E-state index contributed by atoms with van der Waals surface area (Å²) < 4.78 is 0. The van der Waals surface area contributed by atoms with Gasteiger partial charge in [-0.2, -0.15) is 0 Å². The van der Waals surface area contributed by atoms with Gasteiger partial charge in [-0.25, -0.2) is 4.98 Å². The Morgan fingerprint density at radius 3 is 2.67 bits per heavy atom. The van der Waals surface area contributed by atoms with E-state index in [0.717, 1.165) is 41.2 Å². The largest absolute Gasteiger partial charge is 0.392 e. The topological polar surface area (TPSA) is 62.2 Å². The van der Waals surface area contributed by atoms with Crippen LogP contribution < -0.4 is 5.32 Å². The number of benzene rings is 1. The van der Waals surface area contributed by atoms with Crippen molar-refractivity contribution in [2.24, 2.45) is 5.92 Å². The molecule has 1 saturated carbocycles. The number of thiazole rings is 1. The second-order valence-corrected chi connectivity index (χ2v) is 6.49. The van der Waals surface area contributed by atoms with Crippen LogP contribution in [0.25, 0.3) is 11.3 Å². The van der Waals surface area contributed by atoms with E-state index >= 15 is 0 Å². The smallest absolute Gasteiger partial charge is 0.230 e. The number of amides is 1. The van der Waals surface area contributed by atoms with E-state index in [9.17, 15) is 9.90 Å². The van der Waals surface area contributed by atoms with Gasteiger partial charge in [0.05, 0.1) is 22.7 Å². The molecule has 0 aliphatic heterocycles. The molecule has 0 radical (unpaired) electrons. The summed E-state index contributed by atoms with van der Waals surface area (Å²) in [5.74, 6) is -0.358. The summed E-state index contributed by atoms with van der Waals surface area (Å²) in [7, 11) is 0. The summed E-state index contributed by atoms with van der Waals surface area (Å²) in [6.45, 7) is 1.98. The van der Waals surface area contributed by atoms with Crippen LogP contribution in [-0.2, 0) is 4.79 Å². The van der Waals surface area contributed by atoms with Crippen molar-refractivity contribution in [3.63, 3.8) is 0 Å². The first-order chi connectivity index (χ1) is 10.1. The van der Waals surface area contributed by atoms with E-state index in [1.807, 2.05) is 36.6 Å². The molecule has 1 aliphatic carbocycles. The lowest BCUT2D eigenvalue weighted by atomic mass is 10.0. The van der Waals surface area contributed by atoms with Crippen molar-refractivity contribution >= 4 is 22.9 Å². The molecule has 0 saturated heterocycles. The van der Waals surface area contributed by atoms with Crippen LogP contribution in [0.2, 0.25) is 0 Å². The van der Waals surface area contributed by atoms with Crippen LogP contribution in [0.15, 0.2) is 29.6 Å². The highest BCUT2D eigenvalue weighted by atomic mass is 32.1. The number of rotatable bonds is 3.